The SMILES string of the molecule is CCc1cc2c(=O)n(Cc3cccc(C#N)c3)cnc2s1. The normalized spacial score (nSPS) is 10.7. The molecule has 0 aliphatic heterocycles. The van der Waals surface area contributed by atoms with Crippen LogP contribution in [0.2, 0.25) is 0 Å². The summed E-state index contributed by atoms with van der Waals surface area (Å²) in [6.07, 6.45) is 2.49. The van der Waals surface area contributed by atoms with Crippen molar-refractivity contribution in [1.29, 1.82) is 5.26 Å². The van der Waals surface area contributed by atoms with Crippen LogP contribution in [0.1, 0.15) is 22.9 Å². The van der Waals surface area contributed by atoms with E-state index in [2.05, 4.69) is 18.0 Å². The molecular weight excluding hydrogens is 282 g/mol. The first-order valence-corrected chi connectivity index (χ1v) is 7.50. The predicted molar refractivity (Wildman–Crippen MR) is 83.5 cm³/mol. The first kappa shape index (κ1) is 13.5. The zero-order valence-electron chi connectivity index (χ0n) is 11.5. The van der Waals surface area contributed by atoms with E-state index in [4.69, 9.17) is 5.26 Å². The number of rotatable bonds is 3. The molecule has 104 valence electrons. The Balaban J connectivity index is 2.02. The standard InChI is InChI=1S/C16H13N3OS/c1-2-13-7-14-15(21-13)18-10-19(16(14)20)9-12-5-3-4-11(6-12)8-17/h3-7,10H,2,9H2,1H3. The third-order valence-electron chi connectivity index (χ3n) is 3.33. The molecule has 0 unspecified atom stereocenters. The molecule has 2 aromatic heterocycles. The second-order valence-corrected chi connectivity index (χ2v) is 5.89. The summed E-state index contributed by atoms with van der Waals surface area (Å²) in [6.45, 7) is 2.49. The van der Waals surface area contributed by atoms with Gasteiger partial charge in [0, 0.05) is 4.88 Å². The molecule has 4 nitrogen and oxygen atoms in total. The maximum absolute atomic E-state index is 12.5. The van der Waals surface area contributed by atoms with Crippen molar-refractivity contribution in [2.75, 3.05) is 0 Å². The molecule has 5 heteroatoms. The van der Waals surface area contributed by atoms with E-state index < -0.39 is 0 Å². The number of nitriles is 1. The lowest BCUT2D eigenvalue weighted by Gasteiger charge is -2.05. The lowest BCUT2D eigenvalue weighted by Crippen LogP contribution is -2.20. The minimum absolute atomic E-state index is 0.0293. The summed E-state index contributed by atoms with van der Waals surface area (Å²) >= 11 is 1.57. The third kappa shape index (κ3) is 2.58. The van der Waals surface area contributed by atoms with E-state index in [1.807, 2.05) is 18.2 Å². The lowest BCUT2D eigenvalue weighted by atomic mass is 10.1. The van der Waals surface area contributed by atoms with Gasteiger partial charge in [-0.1, -0.05) is 19.1 Å². The molecule has 0 radical (unpaired) electrons. The van der Waals surface area contributed by atoms with Gasteiger partial charge in [0.1, 0.15) is 4.83 Å². The summed E-state index contributed by atoms with van der Waals surface area (Å²) in [4.78, 5) is 18.8. The predicted octanol–water partition coefficient (Wildman–Crippen LogP) is 2.94. The number of aromatic nitrogens is 2. The van der Waals surface area contributed by atoms with Crippen molar-refractivity contribution in [2.45, 2.75) is 19.9 Å². The quantitative estimate of drug-likeness (QED) is 0.746. The molecular formula is C16H13N3OS. The van der Waals surface area contributed by atoms with E-state index in [1.54, 1.807) is 34.4 Å². The van der Waals surface area contributed by atoms with Crippen molar-refractivity contribution < 1.29 is 0 Å². The van der Waals surface area contributed by atoms with Gasteiger partial charge in [-0.15, -0.1) is 11.3 Å². The van der Waals surface area contributed by atoms with Crippen LogP contribution in [0.5, 0.6) is 0 Å². The van der Waals surface area contributed by atoms with E-state index in [-0.39, 0.29) is 5.56 Å². The highest BCUT2D eigenvalue weighted by Gasteiger charge is 2.08. The van der Waals surface area contributed by atoms with Crippen LogP contribution in [0, 0.1) is 11.3 Å². The molecule has 0 bridgehead atoms. The average molecular weight is 295 g/mol. The molecule has 1 aromatic carbocycles. The maximum Gasteiger partial charge on any atom is 0.262 e. The molecule has 0 aliphatic carbocycles. The summed E-state index contributed by atoms with van der Waals surface area (Å²) < 4.78 is 1.59. The molecule has 3 aromatic rings. The molecule has 3 rings (SSSR count). The Morgan fingerprint density at radius 1 is 1.38 bits per heavy atom. The molecule has 0 saturated carbocycles. The van der Waals surface area contributed by atoms with Crippen LogP contribution in [0.4, 0.5) is 0 Å². The molecule has 0 spiro atoms. The lowest BCUT2D eigenvalue weighted by molar-refractivity contribution is 0.749. The van der Waals surface area contributed by atoms with Gasteiger partial charge < -0.3 is 0 Å². The number of hydrogen-bond acceptors (Lipinski definition) is 4. The highest BCUT2D eigenvalue weighted by molar-refractivity contribution is 7.18. The van der Waals surface area contributed by atoms with Gasteiger partial charge in [-0.25, -0.2) is 4.98 Å². The van der Waals surface area contributed by atoms with Crippen molar-refractivity contribution in [3.05, 3.63) is 63.0 Å². The fourth-order valence-electron chi connectivity index (χ4n) is 2.23. The Hall–Kier alpha value is -2.45. The molecule has 21 heavy (non-hydrogen) atoms. The Kier molecular flexibility index (Phi) is 3.55. The van der Waals surface area contributed by atoms with Crippen molar-refractivity contribution in [2.24, 2.45) is 0 Å². The maximum atomic E-state index is 12.5. The minimum atomic E-state index is -0.0293. The number of benzene rings is 1. The summed E-state index contributed by atoms with van der Waals surface area (Å²) in [6, 6.07) is 11.3. The molecule has 0 atom stereocenters. The van der Waals surface area contributed by atoms with Gasteiger partial charge >= 0.3 is 0 Å². The van der Waals surface area contributed by atoms with E-state index in [9.17, 15) is 4.79 Å². The van der Waals surface area contributed by atoms with Gasteiger partial charge in [0.25, 0.3) is 5.56 Å². The van der Waals surface area contributed by atoms with Gasteiger partial charge in [-0.2, -0.15) is 5.26 Å². The number of fused-ring (bicyclic) bond motifs is 1. The minimum Gasteiger partial charge on any atom is -0.294 e. The molecule has 2 heterocycles. The molecule has 0 N–H and O–H groups in total. The molecule has 0 saturated heterocycles. The molecule has 0 aliphatic rings. The van der Waals surface area contributed by atoms with E-state index in [0.717, 1.165) is 16.8 Å². The van der Waals surface area contributed by atoms with Crippen LogP contribution in [-0.2, 0) is 13.0 Å². The van der Waals surface area contributed by atoms with Gasteiger partial charge in [0.2, 0.25) is 0 Å². The van der Waals surface area contributed by atoms with Crippen molar-refractivity contribution in [1.82, 2.24) is 9.55 Å². The summed E-state index contributed by atoms with van der Waals surface area (Å²) in [5.41, 5.74) is 1.49. The number of aryl methyl sites for hydroxylation is 1. The first-order chi connectivity index (χ1) is 10.2. The highest BCUT2D eigenvalue weighted by Crippen LogP contribution is 2.21. The zero-order valence-corrected chi connectivity index (χ0v) is 12.4. The van der Waals surface area contributed by atoms with Crippen LogP contribution in [0.25, 0.3) is 10.2 Å². The van der Waals surface area contributed by atoms with E-state index in [0.29, 0.717) is 17.5 Å². The number of thiophene rings is 1. The monoisotopic (exact) mass is 295 g/mol. The largest absolute Gasteiger partial charge is 0.294 e. The summed E-state index contributed by atoms with van der Waals surface area (Å²) in [5.74, 6) is 0. The third-order valence-corrected chi connectivity index (χ3v) is 4.51. The van der Waals surface area contributed by atoms with Crippen molar-refractivity contribution in [3.8, 4) is 6.07 Å². The molecule has 0 fully saturated rings. The van der Waals surface area contributed by atoms with Gasteiger partial charge in [0.05, 0.1) is 29.9 Å². The van der Waals surface area contributed by atoms with E-state index in [1.165, 1.54) is 4.88 Å². The summed E-state index contributed by atoms with van der Waals surface area (Å²) in [7, 11) is 0. The Morgan fingerprint density at radius 2 is 2.24 bits per heavy atom. The van der Waals surface area contributed by atoms with Crippen LogP contribution in [0.15, 0.2) is 41.5 Å². The Morgan fingerprint density at radius 3 is 3.00 bits per heavy atom. The van der Waals surface area contributed by atoms with Gasteiger partial charge in [-0.05, 0) is 30.2 Å². The van der Waals surface area contributed by atoms with Gasteiger partial charge in [0.15, 0.2) is 0 Å². The van der Waals surface area contributed by atoms with Gasteiger partial charge in [-0.3, -0.25) is 9.36 Å². The number of nitrogens with zero attached hydrogens (tertiary/aromatic N) is 3. The van der Waals surface area contributed by atoms with Crippen molar-refractivity contribution in [3.63, 3.8) is 0 Å². The Labute approximate surface area is 125 Å². The number of hydrogen-bond donors (Lipinski definition) is 0. The van der Waals surface area contributed by atoms with Crippen molar-refractivity contribution >= 4 is 21.6 Å². The van der Waals surface area contributed by atoms with Crippen LogP contribution < -0.4 is 5.56 Å². The second-order valence-electron chi connectivity index (χ2n) is 4.77. The average Bonchev–Trinajstić information content (AvgIpc) is 2.94. The second kappa shape index (κ2) is 5.51. The van der Waals surface area contributed by atoms with Crippen LogP contribution >= 0.6 is 11.3 Å². The van der Waals surface area contributed by atoms with Crippen LogP contribution in [0.3, 0.4) is 0 Å². The fourth-order valence-corrected chi connectivity index (χ4v) is 3.16. The summed E-state index contributed by atoms with van der Waals surface area (Å²) in [5, 5.41) is 9.60. The smallest absolute Gasteiger partial charge is 0.262 e. The fraction of sp³-hybridized carbons (Fsp3) is 0.188. The van der Waals surface area contributed by atoms with Crippen LogP contribution in [-0.4, -0.2) is 9.55 Å². The highest BCUT2D eigenvalue weighted by atomic mass is 32.1. The molecule has 0 amide bonds. The topological polar surface area (TPSA) is 58.7 Å². The first-order valence-electron chi connectivity index (χ1n) is 6.68. The zero-order chi connectivity index (χ0) is 14.8. The Bertz CT molecular complexity index is 902. The van der Waals surface area contributed by atoms with E-state index >= 15 is 0 Å².